The van der Waals surface area contributed by atoms with Crippen molar-refractivity contribution in [3.8, 4) is 11.4 Å². The molecule has 0 fully saturated rings. The summed E-state index contributed by atoms with van der Waals surface area (Å²) >= 11 is 6.16. The van der Waals surface area contributed by atoms with Gasteiger partial charge in [0.2, 0.25) is 0 Å². The fourth-order valence-corrected chi connectivity index (χ4v) is 2.04. The molecule has 1 aromatic carbocycles. The van der Waals surface area contributed by atoms with Crippen molar-refractivity contribution in [1.29, 1.82) is 0 Å². The van der Waals surface area contributed by atoms with Crippen LogP contribution in [0.5, 0.6) is 0 Å². The first-order chi connectivity index (χ1) is 9.24. The largest absolute Gasteiger partial charge is 0.398 e. The van der Waals surface area contributed by atoms with E-state index in [0.717, 1.165) is 6.42 Å². The van der Waals surface area contributed by atoms with Crippen molar-refractivity contribution >= 4 is 17.3 Å². The fourth-order valence-electron chi connectivity index (χ4n) is 1.77. The Hall–Kier alpha value is -1.66. The highest BCUT2D eigenvalue weighted by atomic mass is 35.5. The predicted molar refractivity (Wildman–Crippen MR) is 73.8 cm³/mol. The maximum Gasteiger partial charge on any atom is 0.185 e. The van der Waals surface area contributed by atoms with E-state index in [0.29, 0.717) is 41.9 Å². The van der Waals surface area contributed by atoms with Crippen LogP contribution >= 0.6 is 11.6 Å². The van der Waals surface area contributed by atoms with Crippen LogP contribution in [-0.2, 0) is 11.3 Å². The van der Waals surface area contributed by atoms with Crippen LogP contribution in [-0.4, -0.2) is 33.4 Å². The number of rotatable bonds is 6. The second-order valence-electron chi connectivity index (χ2n) is 3.98. The second kappa shape index (κ2) is 6.49. The summed E-state index contributed by atoms with van der Waals surface area (Å²) in [5.41, 5.74) is 7.17. The minimum Gasteiger partial charge on any atom is -0.398 e. The number of nitrogen functional groups attached to an aromatic ring is 1. The van der Waals surface area contributed by atoms with Crippen molar-refractivity contribution in [2.45, 2.75) is 19.9 Å². The third kappa shape index (κ3) is 3.21. The number of aryl methyl sites for hydroxylation is 1. The summed E-state index contributed by atoms with van der Waals surface area (Å²) in [6.07, 6.45) is 0.830. The molecule has 7 heteroatoms. The monoisotopic (exact) mass is 281 g/mol. The molecule has 102 valence electrons. The zero-order valence-electron chi connectivity index (χ0n) is 10.7. The van der Waals surface area contributed by atoms with Gasteiger partial charge in [-0.15, -0.1) is 5.10 Å². The second-order valence-corrected chi connectivity index (χ2v) is 4.39. The Morgan fingerprint density at radius 1 is 1.42 bits per heavy atom. The number of ether oxygens (including phenoxy) is 1. The topological polar surface area (TPSA) is 78.8 Å². The molecule has 0 amide bonds. The van der Waals surface area contributed by atoms with E-state index >= 15 is 0 Å². The van der Waals surface area contributed by atoms with Crippen LogP contribution < -0.4 is 5.73 Å². The van der Waals surface area contributed by atoms with Gasteiger partial charge in [-0.2, -0.15) is 0 Å². The molecule has 2 rings (SSSR count). The van der Waals surface area contributed by atoms with Crippen molar-refractivity contribution in [2.75, 3.05) is 18.9 Å². The Bertz CT molecular complexity index is 522. The van der Waals surface area contributed by atoms with Crippen molar-refractivity contribution in [3.05, 3.63) is 23.2 Å². The summed E-state index contributed by atoms with van der Waals surface area (Å²) in [5, 5.41) is 12.2. The lowest BCUT2D eigenvalue weighted by atomic mass is 10.1. The van der Waals surface area contributed by atoms with Gasteiger partial charge in [-0.05, 0) is 35.9 Å². The molecule has 0 aliphatic carbocycles. The highest BCUT2D eigenvalue weighted by Crippen LogP contribution is 2.31. The summed E-state index contributed by atoms with van der Waals surface area (Å²) in [6.45, 7) is 4.01. The average molecular weight is 282 g/mol. The molecule has 19 heavy (non-hydrogen) atoms. The highest BCUT2D eigenvalue weighted by molar-refractivity contribution is 6.33. The number of hydrogen-bond acceptors (Lipinski definition) is 5. The quantitative estimate of drug-likeness (QED) is 0.647. The zero-order valence-corrected chi connectivity index (χ0v) is 11.5. The molecule has 0 radical (unpaired) electrons. The molecule has 0 aliphatic heterocycles. The highest BCUT2D eigenvalue weighted by Gasteiger charge is 2.15. The van der Waals surface area contributed by atoms with Gasteiger partial charge in [0.05, 0.1) is 10.6 Å². The first-order valence-corrected chi connectivity index (χ1v) is 6.50. The Labute approximate surface area is 116 Å². The van der Waals surface area contributed by atoms with E-state index in [4.69, 9.17) is 22.1 Å². The van der Waals surface area contributed by atoms with Crippen LogP contribution in [0.25, 0.3) is 11.4 Å². The number of aromatic nitrogens is 4. The minimum absolute atomic E-state index is 0.542. The number of nitrogens with two attached hydrogens (primary N) is 1. The molecule has 0 spiro atoms. The summed E-state index contributed by atoms with van der Waals surface area (Å²) in [5.74, 6) is 0.583. The van der Waals surface area contributed by atoms with E-state index in [9.17, 15) is 0 Å². The van der Waals surface area contributed by atoms with Crippen molar-refractivity contribution < 1.29 is 4.74 Å². The summed E-state index contributed by atoms with van der Waals surface area (Å²) in [6, 6.07) is 5.34. The van der Waals surface area contributed by atoms with E-state index in [1.165, 1.54) is 0 Å². The van der Waals surface area contributed by atoms with E-state index in [1.54, 1.807) is 22.9 Å². The summed E-state index contributed by atoms with van der Waals surface area (Å²) in [7, 11) is 0. The zero-order chi connectivity index (χ0) is 13.7. The van der Waals surface area contributed by atoms with E-state index < -0.39 is 0 Å². The number of halogens is 1. The number of nitrogens with zero attached hydrogens (tertiary/aromatic N) is 4. The van der Waals surface area contributed by atoms with Gasteiger partial charge in [0.1, 0.15) is 0 Å². The smallest absolute Gasteiger partial charge is 0.185 e. The van der Waals surface area contributed by atoms with Gasteiger partial charge in [0.25, 0.3) is 0 Å². The SMILES string of the molecule is CCOCCCn1nnnc1-c1c(N)cccc1Cl. The maximum absolute atomic E-state index is 6.16. The van der Waals surface area contributed by atoms with Gasteiger partial charge in [0.15, 0.2) is 5.82 Å². The molecule has 0 unspecified atom stereocenters. The average Bonchev–Trinajstić information content (AvgIpc) is 2.83. The molecule has 0 saturated heterocycles. The minimum atomic E-state index is 0.542. The Morgan fingerprint density at radius 2 is 2.26 bits per heavy atom. The molecule has 1 heterocycles. The molecule has 0 atom stereocenters. The van der Waals surface area contributed by atoms with Gasteiger partial charge in [-0.1, -0.05) is 17.7 Å². The van der Waals surface area contributed by atoms with Gasteiger partial charge in [-0.3, -0.25) is 0 Å². The Morgan fingerprint density at radius 3 is 3.00 bits per heavy atom. The number of hydrogen-bond donors (Lipinski definition) is 1. The van der Waals surface area contributed by atoms with Gasteiger partial charge in [0, 0.05) is 25.4 Å². The number of tetrazole rings is 1. The molecule has 0 aliphatic rings. The molecular weight excluding hydrogens is 266 g/mol. The van der Waals surface area contributed by atoms with Crippen molar-refractivity contribution in [1.82, 2.24) is 20.2 Å². The molecule has 1 aromatic heterocycles. The third-order valence-corrected chi connectivity index (χ3v) is 2.98. The van der Waals surface area contributed by atoms with E-state index in [1.807, 2.05) is 6.92 Å². The molecule has 2 aromatic rings. The van der Waals surface area contributed by atoms with E-state index in [2.05, 4.69) is 15.5 Å². The van der Waals surface area contributed by atoms with Crippen LogP contribution in [0.15, 0.2) is 18.2 Å². The summed E-state index contributed by atoms with van der Waals surface area (Å²) < 4.78 is 6.98. The molecule has 6 nitrogen and oxygen atoms in total. The predicted octanol–water partition coefficient (Wildman–Crippen LogP) is 2.00. The maximum atomic E-state index is 6.16. The van der Waals surface area contributed by atoms with Gasteiger partial charge in [-0.25, -0.2) is 4.68 Å². The van der Waals surface area contributed by atoms with Crippen molar-refractivity contribution in [3.63, 3.8) is 0 Å². The van der Waals surface area contributed by atoms with Gasteiger partial charge < -0.3 is 10.5 Å². The molecule has 2 N–H and O–H groups in total. The lowest BCUT2D eigenvalue weighted by molar-refractivity contribution is 0.141. The summed E-state index contributed by atoms with van der Waals surface area (Å²) in [4.78, 5) is 0. The molecular formula is C12H16ClN5O. The van der Waals surface area contributed by atoms with Crippen LogP contribution in [0, 0.1) is 0 Å². The standard InChI is InChI=1S/C12H16ClN5O/c1-2-19-8-4-7-18-12(15-16-17-18)11-9(13)5-3-6-10(11)14/h3,5-6H,2,4,7-8,14H2,1H3. The van der Waals surface area contributed by atoms with Gasteiger partial charge >= 0.3 is 0 Å². The third-order valence-electron chi connectivity index (χ3n) is 2.66. The van der Waals surface area contributed by atoms with E-state index in [-0.39, 0.29) is 0 Å². The van der Waals surface area contributed by atoms with Crippen LogP contribution in [0.4, 0.5) is 5.69 Å². The number of benzene rings is 1. The normalized spacial score (nSPS) is 10.8. The number of anilines is 1. The van der Waals surface area contributed by atoms with Crippen LogP contribution in [0.3, 0.4) is 0 Å². The molecule has 0 saturated carbocycles. The van der Waals surface area contributed by atoms with Crippen LogP contribution in [0.2, 0.25) is 5.02 Å². The fraction of sp³-hybridized carbons (Fsp3) is 0.417. The lowest BCUT2D eigenvalue weighted by Gasteiger charge is -2.08. The molecule has 0 bridgehead atoms. The van der Waals surface area contributed by atoms with Crippen LogP contribution in [0.1, 0.15) is 13.3 Å². The Balaban J connectivity index is 2.19. The first kappa shape index (κ1) is 13.8. The first-order valence-electron chi connectivity index (χ1n) is 6.12. The lowest BCUT2D eigenvalue weighted by Crippen LogP contribution is -2.07. The Kier molecular flexibility index (Phi) is 4.70. The van der Waals surface area contributed by atoms with Crippen molar-refractivity contribution in [2.24, 2.45) is 0 Å².